The largest absolute Gasteiger partial charge is 0.465 e. The highest BCUT2D eigenvalue weighted by molar-refractivity contribution is 5.71. The normalized spacial score (nSPS) is 17.1. The van der Waals surface area contributed by atoms with Gasteiger partial charge in [-0.05, 0) is 97.2 Å². The number of nitrogens with zero attached hydrogens (tertiary/aromatic N) is 1. The van der Waals surface area contributed by atoms with Gasteiger partial charge in [0.1, 0.15) is 18.8 Å². The first-order valence-electron chi connectivity index (χ1n) is 23.7. The molecule has 4 unspecified atom stereocenters. The summed E-state index contributed by atoms with van der Waals surface area (Å²) >= 11 is 0. The van der Waals surface area contributed by atoms with Crippen LogP contribution in [-0.2, 0) is 47.7 Å². The van der Waals surface area contributed by atoms with E-state index >= 15 is 0 Å². The Morgan fingerprint density at radius 1 is 0.576 bits per heavy atom. The van der Waals surface area contributed by atoms with Gasteiger partial charge in [-0.15, -0.1) is 0 Å². The van der Waals surface area contributed by atoms with E-state index in [1.807, 2.05) is 14.1 Å². The molecule has 0 heterocycles. The van der Waals surface area contributed by atoms with Crippen LogP contribution in [0.5, 0.6) is 0 Å². The minimum Gasteiger partial charge on any atom is -0.465 e. The molecule has 0 amide bonds. The number of rotatable bonds is 37. The molecule has 0 aromatic carbocycles. The van der Waals surface area contributed by atoms with Gasteiger partial charge in [-0.25, -0.2) is 0 Å². The summed E-state index contributed by atoms with van der Waals surface area (Å²) in [4.78, 5) is 65.7. The van der Waals surface area contributed by atoms with Gasteiger partial charge in [0.05, 0.1) is 13.2 Å². The molecule has 1 fully saturated rings. The Morgan fingerprint density at radius 2 is 1.12 bits per heavy atom. The maximum absolute atomic E-state index is 13.3. The number of carbonyl (C=O) groups is 5. The predicted octanol–water partition coefficient (Wildman–Crippen LogP) is 10.6. The summed E-state index contributed by atoms with van der Waals surface area (Å²) < 4.78 is 28.8. The average Bonchev–Trinajstić information content (AvgIpc) is 3.56. The maximum Gasteiger partial charge on any atom is 0.306 e. The van der Waals surface area contributed by atoms with E-state index in [4.69, 9.17) is 23.7 Å². The topological polar surface area (TPSA) is 135 Å². The average molecular weight is 836 g/mol. The summed E-state index contributed by atoms with van der Waals surface area (Å²) in [5.74, 6) is -1.34. The van der Waals surface area contributed by atoms with Gasteiger partial charge in [-0.2, -0.15) is 0 Å². The number of allylic oxidation sites excluding steroid dienone is 2. The molecule has 0 radical (unpaired) electrons. The summed E-state index contributed by atoms with van der Waals surface area (Å²) in [6.45, 7) is 9.66. The molecule has 1 rings (SSSR count). The summed E-state index contributed by atoms with van der Waals surface area (Å²) in [6, 6.07) is 0. The predicted molar refractivity (Wildman–Crippen MR) is 234 cm³/mol. The Balaban J connectivity index is 2.76. The minimum atomic E-state index is -0.521. The van der Waals surface area contributed by atoms with Crippen LogP contribution in [0.2, 0.25) is 0 Å². The van der Waals surface area contributed by atoms with E-state index in [-0.39, 0.29) is 86.4 Å². The molecule has 0 N–H and O–H groups in total. The van der Waals surface area contributed by atoms with Crippen molar-refractivity contribution >= 4 is 29.8 Å². The zero-order valence-electron chi connectivity index (χ0n) is 38.3. The number of unbranched alkanes of at least 4 members (excludes halogenated alkanes) is 10. The summed E-state index contributed by atoms with van der Waals surface area (Å²) in [6.07, 6.45) is 23.7. The number of hydrogen-bond donors (Lipinski definition) is 0. The van der Waals surface area contributed by atoms with E-state index in [9.17, 15) is 24.0 Å². The van der Waals surface area contributed by atoms with Crippen LogP contribution in [0.4, 0.5) is 0 Å². The van der Waals surface area contributed by atoms with E-state index in [1.165, 1.54) is 19.3 Å². The third-order valence-corrected chi connectivity index (χ3v) is 11.2. The Bertz CT molecular complexity index is 1130. The Morgan fingerprint density at radius 3 is 1.75 bits per heavy atom. The quantitative estimate of drug-likeness (QED) is 0.0256. The Labute approximate surface area is 358 Å². The zero-order chi connectivity index (χ0) is 43.5. The minimum absolute atomic E-state index is 0.0201. The number of hydrogen-bond acceptors (Lipinski definition) is 11. The van der Waals surface area contributed by atoms with Crippen molar-refractivity contribution in [2.75, 3.05) is 40.5 Å². The van der Waals surface area contributed by atoms with E-state index in [0.717, 1.165) is 96.4 Å². The van der Waals surface area contributed by atoms with Crippen LogP contribution < -0.4 is 0 Å². The number of esters is 5. The van der Waals surface area contributed by atoms with E-state index < -0.39 is 6.10 Å². The highest BCUT2D eigenvalue weighted by Gasteiger charge is 2.39. The molecule has 4 atom stereocenters. The Kier molecular flexibility index (Phi) is 32.8. The SMILES string of the molecule is CC/C=C\CC1C(CC(=O)OCC(CCCCCCCC)OC(=O)CCCCC(COC(=O)CCCCC)COC(=O)CCCCC)CCC1OC(=O)CCCN(C)C. The van der Waals surface area contributed by atoms with Crippen molar-refractivity contribution in [1.29, 1.82) is 0 Å². The lowest BCUT2D eigenvalue weighted by molar-refractivity contribution is -0.160. The standard InChI is InChI=1S/C48H85NO10/c1-7-11-15-16-17-21-26-41(38-57-48(54)35-40-32-33-43(42(40)27-18-12-8-2)59-47(53)31-24-34-49(5)6)58-46(52)30-23-22-25-39(36-55-44(50)28-19-13-9-3)37-56-45(51)29-20-14-10-4/h12,18,39-43H,7-11,13-17,19-38H2,1-6H3/b18-12-. The van der Waals surface area contributed by atoms with Crippen molar-refractivity contribution in [3.8, 4) is 0 Å². The molecule has 0 saturated heterocycles. The first kappa shape index (κ1) is 54.1. The monoisotopic (exact) mass is 836 g/mol. The van der Waals surface area contributed by atoms with Gasteiger partial charge >= 0.3 is 29.8 Å². The van der Waals surface area contributed by atoms with Crippen LogP contribution in [0.1, 0.15) is 195 Å². The highest BCUT2D eigenvalue weighted by atomic mass is 16.6. The molecule has 0 bridgehead atoms. The fourth-order valence-corrected chi connectivity index (χ4v) is 7.60. The summed E-state index contributed by atoms with van der Waals surface area (Å²) in [5.41, 5.74) is 0. The molecule has 0 aromatic heterocycles. The molecule has 1 aliphatic carbocycles. The second-order valence-electron chi connectivity index (χ2n) is 17.0. The molecule has 59 heavy (non-hydrogen) atoms. The molecule has 0 aromatic rings. The van der Waals surface area contributed by atoms with Crippen LogP contribution in [0.15, 0.2) is 12.2 Å². The molecule has 1 saturated carbocycles. The molecule has 0 aliphatic heterocycles. The molecular weight excluding hydrogens is 751 g/mol. The second-order valence-corrected chi connectivity index (χ2v) is 17.0. The van der Waals surface area contributed by atoms with Crippen LogP contribution in [0.3, 0.4) is 0 Å². The maximum atomic E-state index is 13.3. The summed E-state index contributed by atoms with van der Waals surface area (Å²) in [5, 5.41) is 0. The smallest absolute Gasteiger partial charge is 0.306 e. The lowest BCUT2D eigenvalue weighted by Gasteiger charge is -2.24. The third kappa shape index (κ3) is 29.0. The zero-order valence-corrected chi connectivity index (χ0v) is 38.3. The molecule has 11 heteroatoms. The molecule has 11 nitrogen and oxygen atoms in total. The van der Waals surface area contributed by atoms with Gasteiger partial charge in [0, 0.05) is 43.9 Å². The van der Waals surface area contributed by atoms with E-state index in [1.54, 1.807) is 0 Å². The van der Waals surface area contributed by atoms with Crippen LogP contribution >= 0.6 is 0 Å². The van der Waals surface area contributed by atoms with Crippen molar-refractivity contribution in [1.82, 2.24) is 4.90 Å². The van der Waals surface area contributed by atoms with E-state index in [0.29, 0.717) is 44.9 Å². The van der Waals surface area contributed by atoms with Crippen LogP contribution in [0, 0.1) is 17.8 Å². The van der Waals surface area contributed by atoms with Gasteiger partial charge in [0.15, 0.2) is 0 Å². The summed E-state index contributed by atoms with van der Waals surface area (Å²) in [7, 11) is 3.97. The van der Waals surface area contributed by atoms with Crippen molar-refractivity contribution in [3.05, 3.63) is 12.2 Å². The van der Waals surface area contributed by atoms with Gasteiger partial charge in [-0.1, -0.05) is 104 Å². The first-order valence-corrected chi connectivity index (χ1v) is 23.7. The van der Waals surface area contributed by atoms with Crippen LogP contribution in [-0.4, -0.2) is 87.4 Å². The van der Waals surface area contributed by atoms with Crippen molar-refractivity contribution in [2.24, 2.45) is 17.8 Å². The Hall–Kier alpha value is -2.95. The van der Waals surface area contributed by atoms with Gasteiger partial charge in [0.25, 0.3) is 0 Å². The van der Waals surface area contributed by atoms with Gasteiger partial charge in [-0.3, -0.25) is 24.0 Å². The fraction of sp³-hybridized carbons (Fsp3) is 0.854. The van der Waals surface area contributed by atoms with Crippen molar-refractivity contribution in [2.45, 2.75) is 207 Å². The molecule has 0 spiro atoms. The van der Waals surface area contributed by atoms with Crippen LogP contribution in [0.25, 0.3) is 0 Å². The molecule has 1 aliphatic rings. The third-order valence-electron chi connectivity index (χ3n) is 11.2. The highest BCUT2D eigenvalue weighted by Crippen LogP contribution is 2.39. The van der Waals surface area contributed by atoms with Gasteiger partial charge in [0.2, 0.25) is 0 Å². The molecular formula is C48H85NO10. The van der Waals surface area contributed by atoms with E-state index in [2.05, 4.69) is 44.7 Å². The van der Waals surface area contributed by atoms with Crippen molar-refractivity contribution < 1.29 is 47.7 Å². The number of ether oxygens (including phenoxy) is 5. The number of carbonyl (C=O) groups excluding carboxylic acids is 5. The lowest BCUT2D eigenvalue weighted by atomic mass is 9.88. The second kappa shape index (κ2) is 35.8. The fourth-order valence-electron chi connectivity index (χ4n) is 7.60. The lowest BCUT2D eigenvalue weighted by Crippen LogP contribution is -2.28. The van der Waals surface area contributed by atoms with Gasteiger partial charge < -0.3 is 28.6 Å². The van der Waals surface area contributed by atoms with Crippen molar-refractivity contribution in [3.63, 3.8) is 0 Å². The molecule has 342 valence electrons. The first-order chi connectivity index (χ1) is 28.5.